The summed E-state index contributed by atoms with van der Waals surface area (Å²) in [6.07, 6.45) is 14.6. The second-order valence-corrected chi connectivity index (χ2v) is 9.28. The third-order valence-electron chi connectivity index (χ3n) is 5.74. The molecule has 0 unspecified atom stereocenters. The monoisotopic (exact) mass is 396 g/mol. The molecule has 2 heteroatoms. The molecule has 1 aromatic rings. The van der Waals surface area contributed by atoms with Crippen molar-refractivity contribution >= 4 is 0 Å². The Morgan fingerprint density at radius 1 is 1.10 bits per heavy atom. The molecule has 0 amide bonds. The zero-order chi connectivity index (χ0) is 21.4. The van der Waals surface area contributed by atoms with Gasteiger partial charge in [0.1, 0.15) is 5.75 Å². The topological polar surface area (TPSA) is 29.5 Å². The maximum absolute atomic E-state index is 10.8. The predicted octanol–water partition coefficient (Wildman–Crippen LogP) is 7.38. The van der Waals surface area contributed by atoms with Gasteiger partial charge in [0, 0.05) is 0 Å². The van der Waals surface area contributed by atoms with Gasteiger partial charge in [-0.1, -0.05) is 35.4 Å². The molecule has 0 radical (unpaired) electrons. The highest BCUT2D eigenvalue weighted by Crippen LogP contribution is 2.32. The lowest BCUT2D eigenvalue weighted by Crippen LogP contribution is -2.24. The van der Waals surface area contributed by atoms with Gasteiger partial charge in [-0.15, -0.1) is 0 Å². The number of rotatable bonds is 10. The summed E-state index contributed by atoms with van der Waals surface area (Å²) >= 11 is 0. The van der Waals surface area contributed by atoms with Crippen LogP contribution in [0.5, 0.6) is 5.75 Å². The van der Waals surface area contributed by atoms with Crippen LogP contribution < -0.4 is 4.74 Å². The largest absolute Gasteiger partial charge is 0.462 e. The van der Waals surface area contributed by atoms with Crippen LogP contribution in [0.4, 0.5) is 0 Å². The van der Waals surface area contributed by atoms with Crippen LogP contribution in [0.15, 0.2) is 47.3 Å². The van der Waals surface area contributed by atoms with Gasteiger partial charge in [0.05, 0.1) is 11.4 Å². The predicted molar refractivity (Wildman–Crippen MR) is 124 cm³/mol. The SMILES string of the molecule is CC(C)=CCCC(C)=CCCC[C@@](C)(O)CCc1cc(C)c2c(c1)CC=C(C)O2. The number of aryl methyl sites for hydroxylation is 2. The molecule has 0 fully saturated rings. The van der Waals surface area contributed by atoms with Gasteiger partial charge in [0.15, 0.2) is 0 Å². The van der Waals surface area contributed by atoms with Gasteiger partial charge in [-0.05, 0) is 116 Å². The molecule has 0 saturated carbocycles. The first kappa shape index (κ1) is 23.5. The number of fused-ring (bicyclic) bond motifs is 1. The molecular formula is C27H40O2. The van der Waals surface area contributed by atoms with Crippen molar-refractivity contribution in [1.82, 2.24) is 0 Å². The molecule has 29 heavy (non-hydrogen) atoms. The molecule has 0 aliphatic carbocycles. The number of allylic oxidation sites excluding steroid dienone is 6. The summed E-state index contributed by atoms with van der Waals surface area (Å²) in [5.74, 6) is 2.00. The minimum Gasteiger partial charge on any atom is -0.462 e. The highest BCUT2D eigenvalue weighted by molar-refractivity contribution is 5.47. The molecule has 1 aliphatic rings. The zero-order valence-corrected chi connectivity index (χ0v) is 19.4. The van der Waals surface area contributed by atoms with Gasteiger partial charge in [0.25, 0.3) is 0 Å². The second kappa shape index (κ2) is 10.8. The minimum atomic E-state index is -0.611. The van der Waals surface area contributed by atoms with Crippen molar-refractivity contribution in [3.8, 4) is 5.75 Å². The van der Waals surface area contributed by atoms with Gasteiger partial charge in [-0.3, -0.25) is 0 Å². The van der Waals surface area contributed by atoms with Crippen LogP contribution in [0.3, 0.4) is 0 Å². The fourth-order valence-corrected chi connectivity index (χ4v) is 3.89. The number of unbranched alkanes of at least 4 members (excludes halogenated alkanes) is 1. The van der Waals surface area contributed by atoms with Crippen LogP contribution >= 0.6 is 0 Å². The third-order valence-corrected chi connectivity index (χ3v) is 5.74. The van der Waals surface area contributed by atoms with Crippen molar-refractivity contribution in [2.45, 2.75) is 98.5 Å². The maximum Gasteiger partial charge on any atom is 0.133 e. The van der Waals surface area contributed by atoms with E-state index >= 15 is 0 Å². The van der Waals surface area contributed by atoms with E-state index in [9.17, 15) is 5.11 Å². The van der Waals surface area contributed by atoms with Crippen LogP contribution in [-0.2, 0) is 12.8 Å². The number of hydrogen-bond donors (Lipinski definition) is 1. The summed E-state index contributed by atoms with van der Waals surface area (Å²) in [6.45, 7) is 12.6. The summed E-state index contributed by atoms with van der Waals surface area (Å²) in [5.41, 5.74) is 5.99. The number of benzene rings is 1. The standard InChI is InChI=1S/C27H40O2/c1-20(2)10-9-12-21(3)11-7-8-16-27(6,28)17-15-24-18-22(4)26-25(19-24)14-13-23(5)29-26/h10-11,13,18-19,28H,7-9,12,14-17H2,1-6H3/t27-/m1/s1. The summed E-state index contributed by atoms with van der Waals surface area (Å²) in [7, 11) is 0. The second-order valence-electron chi connectivity index (χ2n) is 9.28. The van der Waals surface area contributed by atoms with Gasteiger partial charge in [-0.25, -0.2) is 0 Å². The molecule has 1 heterocycles. The number of hydrogen-bond acceptors (Lipinski definition) is 2. The molecule has 1 aliphatic heterocycles. The molecule has 1 aromatic carbocycles. The first-order valence-electron chi connectivity index (χ1n) is 11.1. The fourth-order valence-electron chi connectivity index (χ4n) is 3.89. The molecule has 0 aromatic heterocycles. The van der Waals surface area contributed by atoms with E-state index in [4.69, 9.17) is 4.74 Å². The van der Waals surface area contributed by atoms with Crippen molar-refractivity contribution in [2.75, 3.05) is 0 Å². The Bertz CT molecular complexity index is 774. The molecule has 2 rings (SSSR count). The van der Waals surface area contributed by atoms with Gasteiger partial charge in [-0.2, -0.15) is 0 Å². The minimum absolute atomic E-state index is 0.611. The van der Waals surface area contributed by atoms with Crippen molar-refractivity contribution in [3.63, 3.8) is 0 Å². The Hall–Kier alpha value is -1.80. The lowest BCUT2D eigenvalue weighted by molar-refractivity contribution is 0.0405. The van der Waals surface area contributed by atoms with Gasteiger partial charge < -0.3 is 9.84 Å². The number of ether oxygens (including phenoxy) is 1. The summed E-state index contributed by atoms with van der Waals surface area (Å²) in [6, 6.07) is 4.46. The highest BCUT2D eigenvalue weighted by atomic mass is 16.5. The van der Waals surface area contributed by atoms with E-state index in [2.05, 4.69) is 58.1 Å². The first-order chi connectivity index (χ1) is 13.7. The molecule has 1 atom stereocenters. The summed E-state index contributed by atoms with van der Waals surface area (Å²) in [5, 5.41) is 10.8. The van der Waals surface area contributed by atoms with Crippen LogP contribution in [0.25, 0.3) is 0 Å². The van der Waals surface area contributed by atoms with E-state index in [-0.39, 0.29) is 0 Å². The maximum atomic E-state index is 10.8. The quantitative estimate of drug-likeness (QED) is 0.330. The Morgan fingerprint density at radius 2 is 1.86 bits per heavy atom. The smallest absolute Gasteiger partial charge is 0.133 e. The Labute approximate surface area is 178 Å². The van der Waals surface area contributed by atoms with Crippen LogP contribution in [-0.4, -0.2) is 10.7 Å². The Morgan fingerprint density at radius 3 is 2.59 bits per heavy atom. The number of aliphatic hydroxyl groups is 1. The molecule has 2 nitrogen and oxygen atoms in total. The Balaban J connectivity index is 1.79. The lowest BCUT2D eigenvalue weighted by atomic mass is 9.90. The van der Waals surface area contributed by atoms with Gasteiger partial charge in [0.2, 0.25) is 0 Å². The van der Waals surface area contributed by atoms with Crippen LogP contribution in [0.2, 0.25) is 0 Å². The van der Waals surface area contributed by atoms with E-state index in [1.165, 1.54) is 27.8 Å². The third kappa shape index (κ3) is 8.22. The lowest BCUT2D eigenvalue weighted by Gasteiger charge is -2.24. The van der Waals surface area contributed by atoms with Crippen molar-refractivity contribution in [2.24, 2.45) is 0 Å². The van der Waals surface area contributed by atoms with E-state index in [0.29, 0.717) is 0 Å². The van der Waals surface area contributed by atoms with E-state index in [1.54, 1.807) is 0 Å². The van der Waals surface area contributed by atoms with E-state index < -0.39 is 5.60 Å². The Kier molecular flexibility index (Phi) is 8.77. The summed E-state index contributed by atoms with van der Waals surface area (Å²) in [4.78, 5) is 0. The first-order valence-corrected chi connectivity index (χ1v) is 11.1. The van der Waals surface area contributed by atoms with Gasteiger partial charge >= 0.3 is 0 Å². The molecule has 0 spiro atoms. The zero-order valence-electron chi connectivity index (χ0n) is 19.4. The van der Waals surface area contributed by atoms with Crippen LogP contribution in [0.1, 0.15) is 89.8 Å². The molecule has 0 bridgehead atoms. The van der Waals surface area contributed by atoms with Crippen molar-refractivity contribution in [1.29, 1.82) is 0 Å². The van der Waals surface area contributed by atoms with E-state index in [1.807, 2.05) is 13.8 Å². The summed E-state index contributed by atoms with van der Waals surface area (Å²) < 4.78 is 5.89. The average molecular weight is 397 g/mol. The normalized spacial score (nSPS) is 15.8. The van der Waals surface area contributed by atoms with E-state index in [0.717, 1.165) is 62.9 Å². The highest BCUT2D eigenvalue weighted by Gasteiger charge is 2.20. The molecule has 0 saturated heterocycles. The van der Waals surface area contributed by atoms with Crippen molar-refractivity contribution < 1.29 is 9.84 Å². The van der Waals surface area contributed by atoms with Crippen molar-refractivity contribution in [3.05, 3.63) is 64.0 Å². The molecule has 1 N–H and O–H groups in total. The molecular weight excluding hydrogens is 356 g/mol. The fraction of sp³-hybridized carbons (Fsp3) is 0.556. The van der Waals surface area contributed by atoms with Crippen LogP contribution in [0, 0.1) is 6.92 Å². The molecule has 160 valence electrons. The average Bonchev–Trinajstić information content (AvgIpc) is 2.64.